The molecule has 0 amide bonds. The van der Waals surface area contributed by atoms with Gasteiger partial charge in [0.05, 0.1) is 11.4 Å². The summed E-state index contributed by atoms with van der Waals surface area (Å²) >= 11 is 0. The van der Waals surface area contributed by atoms with E-state index in [2.05, 4.69) is 0 Å². The highest BCUT2D eigenvalue weighted by atomic mass is 32.3. The van der Waals surface area contributed by atoms with E-state index >= 15 is 0 Å². The van der Waals surface area contributed by atoms with E-state index in [-0.39, 0.29) is 5.75 Å². The van der Waals surface area contributed by atoms with Crippen molar-refractivity contribution in [2.24, 2.45) is 0 Å². The van der Waals surface area contributed by atoms with Crippen LogP contribution < -0.4 is 17.2 Å². The van der Waals surface area contributed by atoms with Crippen LogP contribution in [-0.2, 0) is 10.4 Å². The van der Waals surface area contributed by atoms with Crippen molar-refractivity contribution in [1.29, 1.82) is 0 Å². The van der Waals surface area contributed by atoms with Crippen molar-refractivity contribution in [3.05, 3.63) is 48.0 Å². The molecule has 2 aromatic carbocycles. The highest BCUT2D eigenvalue weighted by Crippen LogP contribution is 2.16. The highest BCUT2D eigenvalue weighted by molar-refractivity contribution is 7.79. The molecule has 9 heteroatoms. The summed E-state index contributed by atoms with van der Waals surface area (Å²) in [7, 11) is -4.67. The molecule has 0 fully saturated rings. The first-order valence-electron chi connectivity index (χ1n) is 5.85. The molecule has 0 aliphatic heterocycles. The molecule has 0 atom stereocenters. The van der Waals surface area contributed by atoms with Gasteiger partial charge < -0.3 is 22.3 Å². The van der Waals surface area contributed by atoms with E-state index in [1.165, 1.54) is 0 Å². The van der Waals surface area contributed by atoms with E-state index < -0.39 is 10.4 Å². The number of nitrogens with two attached hydrogens (primary N) is 3. The van der Waals surface area contributed by atoms with E-state index in [0.717, 1.165) is 5.56 Å². The average Bonchev–Trinajstić information content (AvgIpc) is 2.37. The van der Waals surface area contributed by atoms with Gasteiger partial charge in [0.15, 0.2) is 0 Å². The van der Waals surface area contributed by atoms with Crippen LogP contribution in [0.2, 0.25) is 0 Å². The Morgan fingerprint density at radius 2 is 1.27 bits per heavy atom. The smallest absolute Gasteiger partial charge is 0.394 e. The van der Waals surface area contributed by atoms with Crippen LogP contribution in [0.1, 0.15) is 5.56 Å². The maximum absolute atomic E-state index is 8.88. The van der Waals surface area contributed by atoms with Crippen LogP contribution in [0, 0.1) is 6.92 Å². The molecule has 0 aromatic heterocycles. The van der Waals surface area contributed by atoms with Gasteiger partial charge in [-0.25, -0.2) is 0 Å². The molecular weight excluding hydrogens is 310 g/mol. The van der Waals surface area contributed by atoms with Crippen LogP contribution in [0.15, 0.2) is 42.5 Å². The fourth-order valence-corrected chi connectivity index (χ4v) is 1.17. The number of phenols is 1. The molecular formula is C13H19N3O5S. The second kappa shape index (κ2) is 8.72. The molecule has 0 unspecified atom stereocenters. The van der Waals surface area contributed by atoms with Crippen LogP contribution >= 0.6 is 0 Å². The Balaban J connectivity index is 0.000000315. The lowest BCUT2D eigenvalue weighted by Gasteiger charge is -1.97. The van der Waals surface area contributed by atoms with E-state index in [1.54, 1.807) is 30.3 Å². The van der Waals surface area contributed by atoms with E-state index in [0.29, 0.717) is 17.1 Å². The number of rotatable bonds is 0. The van der Waals surface area contributed by atoms with E-state index in [1.807, 2.05) is 19.1 Å². The summed E-state index contributed by atoms with van der Waals surface area (Å²) in [6.07, 6.45) is 0. The molecule has 2 rings (SSSR count). The third-order valence-electron chi connectivity index (χ3n) is 2.25. The second-order valence-electron chi connectivity index (χ2n) is 4.12. The summed E-state index contributed by atoms with van der Waals surface area (Å²) in [6.45, 7) is 1.86. The summed E-state index contributed by atoms with van der Waals surface area (Å²) in [5, 5.41) is 8.88. The van der Waals surface area contributed by atoms with Crippen molar-refractivity contribution in [2.45, 2.75) is 6.92 Å². The Morgan fingerprint density at radius 3 is 1.55 bits per heavy atom. The molecule has 0 radical (unpaired) electrons. The minimum Gasteiger partial charge on any atom is -0.508 e. The van der Waals surface area contributed by atoms with Gasteiger partial charge in [0.25, 0.3) is 0 Å². The molecule has 2 aromatic rings. The van der Waals surface area contributed by atoms with Crippen LogP contribution in [0.3, 0.4) is 0 Å². The lowest BCUT2D eigenvalue weighted by atomic mass is 10.2. The van der Waals surface area contributed by atoms with E-state index in [9.17, 15) is 0 Å². The van der Waals surface area contributed by atoms with Crippen molar-refractivity contribution >= 4 is 27.5 Å². The first kappa shape index (κ1) is 19.5. The third kappa shape index (κ3) is 10.3. The fraction of sp³-hybridized carbons (Fsp3) is 0.0769. The summed E-state index contributed by atoms with van der Waals surface area (Å²) in [4.78, 5) is 0. The van der Waals surface area contributed by atoms with Crippen molar-refractivity contribution in [3.63, 3.8) is 0 Å². The normalized spacial score (nSPS) is 9.77. The zero-order valence-electron chi connectivity index (χ0n) is 11.8. The minimum absolute atomic E-state index is 0.265. The Bertz CT molecular complexity index is 676. The number of phenolic OH excluding ortho intramolecular Hbond substituents is 1. The molecule has 8 nitrogen and oxygen atoms in total. The third-order valence-corrected chi connectivity index (χ3v) is 2.25. The Hall–Kier alpha value is -2.49. The van der Waals surface area contributed by atoms with Crippen LogP contribution in [0.4, 0.5) is 17.1 Å². The van der Waals surface area contributed by atoms with Crippen LogP contribution in [0.5, 0.6) is 5.75 Å². The van der Waals surface area contributed by atoms with Crippen LogP contribution in [-0.4, -0.2) is 22.6 Å². The minimum atomic E-state index is -4.67. The quantitative estimate of drug-likeness (QED) is 0.239. The monoisotopic (exact) mass is 329 g/mol. The molecule has 0 aliphatic carbocycles. The van der Waals surface area contributed by atoms with Gasteiger partial charge in [-0.1, -0.05) is 12.1 Å². The molecule has 0 bridgehead atoms. The van der Waals surface area contributed by atoms with Gasteiger partial charge in [-0.05, 0) is 42.8 Å². The van der Waals surface area contributed by atoms with Crippen molar-refractivity contribution < 1.29 is 22.6 Å². The summed E-state index contributed by atoms with van der Waals surface area (Å²) in [5.41, 5.74) is 19.2. The largest absolute Gasteiger partial charge is 0.508 e. The zero-order valence-corrected chi connectivity index (χ0v) is 12.7. The molecule has 122 valence electrons. The first-order chi connectivity index (χ1) is 10.0. The molecule has 0 saturated heterocycles. The number of anilines is 3. The zero-order chi connectivity index (χ0) is 17.3. The van der Waals surface area contributed by atoms with Gasteiger partial charge in [0.1, 0.15) is 5.75 Å². The van der Waals surface area contributed by atoms with Gasteiger partial charge in [-0.15, -0.1) is 0 Å². The number of hydrogen-bond donors (Lipinski definition) is 6. The van der Waals surface area contributed by atoms with Crippen molar-refractivity contribution in [2.75, 3.05) is 17.2 Å². The fourth-order valence-electron chi connectivity index (χ4n) is 1.17. The van der Waals surface area contributed by atoms with Gasteiger partial charge in [0, 0.05) is 5.69 Å². The van der Waals surface area contributed by atoms with Crippen molar-refractivity contribution in [3.8, 4) is 5.75 Å². The molecule has 0 aliphatic rings. The van der Waals surface area contributed by atoms with Crippen LogP contribution in [0.25, 0.3) is 0 Å². The predicted molar refractivity (Wildman–Crippen MR) is 86.7 cm³/mol. The second-order valence-corrected chi connectivity index (χ2v) is 5.01. The first-order valence-corrected chi connectivity index (χ1v) is 7.25. The number of benzene rings is 2. The maximum Gasteiger partial charge on any atom is 0.394 e. The Morgan fingerprint density at radius 1 is 0.864 bits per heavy atom. The molecule has 0 saturated carbocycles. The topological polar surface area (TPSA) is 173 Å². The number of hydrogen-bond acceptors (Lipinski definition) is 6. The number of aryl methyl sites for hydroxylation is 1. The predicted octanol–water partition coefficient (Wildman–Crippen LogP) is 1.48. The maximum atomic E-state index is 8.88. The van der Waals surface area contributed by atoms with Gasteiger partial charge in [-0.3, -0.25) is 9.11 Å². The van der Waals surface area contributed by atoms with Gasteiger partial charge in [0.2, 0.25) is 0 Å². The Kier molecular flexibility index (Phi) is 7.73. The summed E-state index contributed by atoms with van der Waals surface area (Å²) in [6, 6.07) is 12.1. The summed E-state index contributed by atoms with van der Waals surface area (Å²) in [5.74, 6) is 0.265. The standard InChI is InChI=1S/C7H9NO.C6H8N2.H2O4S/c1-5-4-6(9)2-3-7(5)8;7-5-3-1-2-4-6(5)8;1-5(2,3)4/h2-4,9H,8H2,1H3;1-4H,7-8H2;(H2,1,2,3,4). The van der Waals surface area contributed by atoms with Crippen molar-refractivity contribution in [1.82, 2.24) is 0 Å². The SMILES string of the molecule is Cc1cc(O)ccc1N.Nc1ccccc1N.O=S(=O)(O)O. The molecule has 9 N–H and O–H groups in total. The van der Waals surface area contributed by atoms with Gasteiger partial charge in [-0.2, -0.15) is 8.42 Å². The number of nitrogen functional groups attached to an aromatic ring is 3. The summed E-state index contributed by atoms with van der Waals surface area (Å²) < 4.78 is 31.6. The van der Waals surface area contributed by atoms with E-state index in [4.69, 9.17) is 39.8 Å². The Labute approximate surface area is 128 Å². The lowest BCUT2D eigenvalue weighted by Crippen LogP contribution is -1.91. The lowest BCUT2D eigenvalue weighted by molar-refractivity contribution is 0.381. The number of para-hydroxylation sites is 2. The molecule has 0 heterocycles. The number of aromatic hydroxyl groups is 1. The van der Waals surface area contributed by atoms with Gasteiger partial charge >= 0.3 is 10.4 Å². The average molecular weight is 329 g/mol. The molecule has 22 heavy (non-hydrogen) atoms. The molecule has 0 spiro atoms. The highest BCUT2D eigenvalue weighted by Gasteiger charge is 1.91.